The van der Waals surface area contributed by atoms with Gasteiger partial charge in [-0.15, -0.1) is 0 Å². The molecule has 4 heteroatoms. The van der Waals surface area contributed by atoms with Gasteiger partial charge in [-0.1, -0.05) is 139 Å². The molecule has 0 aliphatic rings. The highest BCUT2D eigenvalue weighted by molar-refractivity contribution is 6.39. The van der Waals surface area contributed by atoms with Crippen LogP contribution in [0.4, 0.5) is 0 Å². The predicted molar refractivity (Wildman–Crippen MR) is 286 cm³/mol. The van der Waals surface area contributed by atoms with E-state index in [0.29, 0.717) is 0 Å². The van der Waals surface area contributed by atoms with Gasteiger partial charge >= 0.3 is 0 Å². The molecule has 0 N–H and O–H groups in total. The maximum atomic E-state index is 5.65. The number of para-hydroxylation sites is 2. The van der Waals surface area contributed by atoms with E-state index in [0.717, 1.165) is 16.9 Å². The number of nitrogens with zero attached hydrogens (tertiary/aromatic N) is 4. The van der Waals surface area contributed by atoms with Gasteiger partial charge in [0.1, 0.15) is 5.65 Å². The van der Waals surface area contributed by atoms with E-state index in [1.165, 1.54) is 131 Å². The second-order valence-electron chi connectivity index (χ2n) is 21.2. The van der Waals surface area contributed by atoms with Crippen LogP contribution in [0.25, 0.3) is 136 Å². The molecule has 0 amide bonds. The molecule has 0 atom stereocenters. The maximum absolute atomic E-state index is 5.65. The minimum atomic E-state index is -0.0929. The lowest BCUT2D eigenvalue weighted by Crippen LogP contribution is -2.11. The lowest BCUT2D eigenvalue weighted by atomic mass is 9.83. The van der Waals surface area contributed by atoms with Crippen molar-refractivity contribution >= 4 is 120 Å². The number of fused-ring (bicyclic) bond motifs is 20. The topological polar surface area (TPSA) is 26.6 Å². The molecule has 0 saturated carbocycles. The molecule has 0 aliphatic heterocycles. The van der Waals surface area contributed by atoms with Crippen LogP contribution in [-0.2, 0) is 10.8 Å². The number of aromatic nitrogens is 4. The number of hydrogen-bond donors (Lipinski definition) is 0. The average molecular weight is 859 g/mol. The van der Waals surface area contributed by atoms with Crippen LogP contribution in [0.2, 0.25) is 0 Å². The van der Waals surface area contributed by atoms with Gasteiger partial charge in [-0.2, -0.15) is 0 Å². The standard InChI is InChI=1S/C63H46N4/c1-62(2,3)38-30-44(37-25-26-51-45(28-37)43-22-14-15-23-50(43)65(51)40-18-8-7-9-19-40)58-48(32-38)55-42-21-13-11-17-36(42)29-46-57-56-49-33-39(63(4,5)6)31-47-54-41-20-12-10-16-35(41)24-27-52(54)66(59(47)49)53(56)34-64-61(57)67(58)60(46)55/h7-34H,1-6H3. The van der Waals surface area contributed by atoms with Crippen molar-refractivity contribution in [1.82, 2.24) is 18.4 Å². The Bertz CT molecular complexity index is 4620. The Morgan fingerprint density at radius 2 is 0.970 bits per heavy atom. The van der Waals surface area contributed by atoms with Crippen LogP contribution >= 0.6 is 0 Å². The molecule has 0 fully saturated rings. The van der Waals surface area contributed by atoms with Crippen LogP contribution in [0.1, 0.15) is 52.7 Å². The highest BCUT2D eigenvalue weighted by Crippen LogP contribution is 2.51. The van der Waals surface area contributed by atoms with Crippen molar-refractivity contribution in [1.29, 1.82) is 0 Å². The molecular weight excluding hydrogens is 813 g/mol. The third kappa shape index (κ3) is 4.74. The van der Waals surface area contributed by atoms with Gasteiger partial charge in [-0.25, -0.2) is 4.98 Å². The van der Waals surface area contributed by atoms with Crippen molar-refractivity contribution < 1.29 is 0 Å². The molecule has 0 unspecified atom stereocenters. The minimum absolute atomic E-state index is 0.0610. The van der Waals surface area contributed by atoms with Gasteiger partial charge in [0.15, 0.2) is 0 Å². The molecule has 15 aromatic rings. The van der Waals surface area contributed by atoms with Crippen LogP contribution in [0.5, 0.6) is 0 Å². The molecule has 0 spiro atoms. The Balaban J connectivity index is 1.14. The van der Waals surface area contributed by atoms with Crippen molar-refractivity contribution in [3.05, 3.63) is 181 Å². The lowest BCUT2D eigenvalue weighted by Gasteiger charge is -2.21. The first kappa shape index (κ1) is 37.3. The van der Waals surface area contributed by atoms with E-state index in [1.807, 2.05) is 0 Å². The number of pyridine rings is 1. The molecule has 6 aromatic heterocycles. The fourth-order valence-corrected chi connectivity index (χ4v) is 12.2. The second kappa shape index (κ2) is 12.5. The summed E-state index contributed by atoms with van der Waals surface area (Å²) in [5.41, 5.74) is 15.6. The first-order chi connectivity index (χ1) is 32.5. The van der Waals surface area contributed by atoms with Crippen molar-refractivity contribution in [3.63, 3.8) is 0 Å². The summed E-state index contributed by atoms with van der Waals surface area (Å²) < 4.78 is 7.48. The van der Waals surface area contributed by atoms with Crippen molar-refractivity contribution in [2.75, 3.05) is 0 Å². The summed E-state index contributed by atoms with van der Waals surface area (Å²) in [4.78, 5) is 5.65. The minimum Gasteiger partial charge on any atom is -0.309 e. The largest absolute Gasteiger partial charge is 0.309 e. The van der Waals surface area contributed by atoms with Crippen LogP contribution in [0.15, 0.2) is 170 Å². The number of benzene rings is 9. The van der Waals surface area contributed by atoms with Gasteiger partial charge in [-0.3, -0.25) is 4.40 Å². The SMILES string of the molecule is CC(C)(C)c1cc(-c2ccc3c(c2)c2ccccc2n3-c2ccccc2)c2c(c1)c1c3ccccc3cc3c4c5c6cc(C(C)(C)C)cc7c8c9ccccc9ccc8n(c5cnc4n2c31)c76. The monoisotopic (exact) mass is 858 g/mol. The Kier molecular flexibility index (Phi) is 6.94. The fourth-order valence-electron chi connectivity index (χ4n) is 12.2. The molecule has 318 valence electrons. The zero-order chi connectivity index (χ0) is 44.8. The Morgan fingerprint density at radius 3 is 1.73 bits per heavy atom. The first-order valence-electron chi connectivity index (χ1n) is 23.7. The number of hydrogen-bond acceptors (Lipinski definition) is 1. The first-order valence-corrected chi connectivity index (χ1v) is 23.7. The van der Waals surface area contributed by atoms with E-state index in [1.54, 1.807) is 0 Å². The second-order valence-corrected chi connectivity index (χ2v) is 21.2. The summed E-state index contributed by atoms with van der Waals surface area (Å²) in [5.74, 6) is 0. The van der Waals surface area contributed by atoms with Gasteiger partial charge in [0, 0.05) is 65.1 Å². The van der Waals surface area contributed by atoms with Gasteiger partial charge in [0.2, 0.25) is 0 Å². The van der Waals surface area contributed by atoms with E-state index in [4.69, 9.17) is 4.98 Å². The van der Waals surface area contributed by atoms with Crippen LogP contribution in [0.3, 0.4) is 0 Å². The van der Waals surface area contributed by atoms with Gasteiger partial charge < -0.3 is 8.97 Å². The van der Waals surface area contributed by atoms with Crippen LogP contribution in [-0.4, -0.2) is 18.4 Å². The summed E-state index contributed by atoms with van der Waals surface area (Å²) >= 11 is 0. The van der Waals surface area contributed by atoms with Gasteiger partial charge in [0.25, 0.3) is 0 Å². The Morgan fingerprint density at radius 1 is 0.373 bits per heavy atom. The van der Waals surface area contributed by atoms with E-state index in [-0.39, 0.29) is 10.8 Å². The van der Waals surface area contributed by atoms with Crippen molar-refractivity contribution in [2.24, 2.45) is 0 Å². The van der Waals surface area contributed by atoms with Gasteiger partial charge in [-0.05, 0) is 116 Å². The predicted octanol–water partition coefficient (Wildman–Crippen LogP) is 17.0. The van der Waals surface area contributed by atoms with E-state index in [2.05, 4.69) is 225 Å². The smallest absolute Gasteiger partial charge is 0.146 e. The molecule has 6 heterocycles. The summed E-state index contributed by atoms with van der Waals surface area (Å²) in [6.07, 6.45) is 2.18. The van der Waals surface area contributed by atoms with E-state index < -0.39 is 0 Å². The Hall–Kier alpha value is -7.95. The molecule has 15 rings (SSSR count). The Labute approximate surface area is 386 Å². The highest BCUT2D eigenvalue weighted by atomic mass is 15.0. The molecule has 0 radical (unpaired) electrons. The summed E-state index contributed by atoms with van der Waals surface area (Å²) in [6.45, 7) is 14.1. The van der Waals surface area contributed by atoms with E-state index in [9.17, 15) is 0 Å². The van der Waals surface area contributed by atoms with Crippen LogP contribution < -0.4 is 0 Å². The summed E-state index contributed by atoms with van der Waals surface area (Å²) in [6, 6.07) is 61.7. The lowest BCUT2D eigenvalue weighted by molar-refractivity contribution is 0.591. The van der Waals surface area contributed by atoms with Crippen LogP contribution in [0, 0.1) is 0 Å². The molecule has 9 aromatic carbocycles. The normalized spacial score (nSPS) is 13.2. The summed E-state index contributed by atoms with van der Waals surface area (Å²) in [5, 5.41) is 17.8. The van der Waals surface area contributed by atoms with Gasteiger partial charge in [0.05, 0.1) is 44.8 Å². The maximum Gasteiger partial charge on any atom is 0.146 e. The zero-order valence-electron chi connectivity index (χ0n) is 38.5. The molecule has 4 nitrogen and oxygen atoms in total. The quantitative estimate of drug-likeness (QED) is 0.170. The van der Waals surface area contributed by atoms with E-state index >= 15 is 0 Å². The summed E-state index contributed by atoms with van der Waals surface area (Å²) in [7, 11) is 0. The molecular formula is C63H46N4. The third-order valence-electron chi connectivity index (χ3n) is 15.4. The van der Waals surface area contributed by atoms with Crippen molar-refractivity contribution in [3.8, 4) is 16.8 Å². The average Bonchev–Trinajstić information content (AvgIpc) is 4.13. The highest BCUT2D eigenvalue weighted by Gasteiger charge is 2.30. The molecule has 0 saturated heterocycles. The zero-order valence-corrected chi connectivity index (χ0v) is 38.5. The fraction of sp³-hybridized carbons (Fsp3) is 0.127. The third-order valence-corrected chi connectivity index (χ3v) is 15.4. The molecule has 0 bridgehead atoms. The van der Waals surface area contributed by atoms with Crippen molar-refractivity contribution in [2.45, 2.75) is 52.4 Å². The molecule has 0 aliphatic carbocycles. The molecule has 67 heavy (non-hydrogen) atoms. The number of rotatable bonds is 2.